The molecule has 1 saturated carbocycles. The van der Waals surface area contributed by atoms with Gasteiger partial charge in [0.25, 0.3) is 0 Å². The molecule has 1 aromatic carbocycles. The van der Waals surface area contributed by atoms with Crippen LogP contribution in [0.1, 0.15) is 43.6 Å². The molecule has 19 heavy (non-hydrogen) atoms. The van der Waals surface area contributed by atoms with Crippen LogP contribution in [0.4, 0.5) is 0 Å². The lowest BCUT2D eigenvalue weighted by Crippen LogP contribution is -2.33. The number of nitrogens with two attached hydrogens (primary N) is 1. The Hall–Kier alpha value is -1.35. The lowest BCUT2D eigenvalue weighted by molar-refractivity contribution is -0.126. The molecule has 0 saturated heterocycles. The summed E-state index contributed by atoms with van der Waals surface area (Å²) >= 11 is 0. The number of hydrogen-bond acceptors (Lipinski definition) is 3. The second-order valence-electron chi connectivity index (χ2n) is 5.74. The van der Waals surface area contributed by atoms with Crippen LogP contribution in [-0.2, 0) is 4.79 Å². The van der Waals surface area contributed by atoms with Gasteiger partial charge in [-0.15, -0.1) is 0 Å². The third kappa shape index (κ3) is 2.52. The van der Waals surface area contributed by atoms with Crippen molar-refractivity contribution in [3.8, 4) is 5.75 Å². The molecule has 1 unspecified atom stereocenters. The van der Waals surface area contributed by atoms with E-state index in [4.69, 9.17) is 10.5 Å². The zero-order valence-electron chi connectivity index (χ0n) is 11.2. The molecule has 0 bridgehead atoms. The topological polar surface area (TPSA) is 52.3 Å². The maximum Gasteiger partial charge on any atom is 0.143 e. The normalized spacial score (nSPS) is 30.3. The molecule has 3 nitrogen and oxygen atoms in total. The van der Waals surface area contributed by atoms with Gasteiger partial charge in [-0.1, -0.05) is 18.2 Å². The first kappa shape index (κ1) is 12.7. The van der Waals surface area contributed by atoms with Crippen LogP contribution < -0.4 is 10.5 Å². The van der Waals surface area contributed by atoms with Gasteiger partial charge in [0.2, 0.25) is 0 Å². The first-order chi connectivity index (χ1) is 9.25. The first-order valence-electron chi connectivity index (χ1n) is 7.26. The highest BCUT2D eigenvalue weighted by atomic mass is 16.5. The van der Waals surface area contributed by atoms with E-state index in [1.54, 1.807) is 0 Å². The Labute approximate surface area is 114 Å². The summed E-state index contributed by atoms with van der Waals surface area (Å²) < 4.78 is 5.64. The summed E-state index contributed by atoms with van der Waals surface area (Å²) in [6, 6.07) is 8.25. The van der Waals surface area contributed by atoms with Crippen LogP contribution in [0.15, 0.2) is 24.3 Å². The van der Waals surface area contributed by atoms with Crippen molar-refractivity contribution in [2.24, 2.45) is 11.7 Å². The van der Waals surface area contributed by atoms with Crippen molar-refractivity contribution in [3.63, 3.8) is 0 Å². The number of para-hydroxylation sites is 1. The van der Waals surface area contributed by atoms with E-state index in [-0.39, 0.29) is 11.8 Å². The molecule has 0 aromatic heterocycles. The number of ether oxygens (including phenoxy) is 1. The van der Waals surface area contributed by atoms with Crippen molar-refractivity contribution in [2.75, 3.05) is 6.61 Å². The predicted octanol–water partition coefficient (Wildman–Crippen LogP) is 2.64. The highest BCUT2D eigenvalue weighted by molar-refractivity contribution is 5.88. The Kier molecular flexibility index (Phi) is 3.56. The van der Waals surface area contributed by atoms with Gasteiger partial charge < -0.3 is 10.5 Å². The zero-order valence-corrected chi connectivity index (χ0v) is 11.2. The predicted molar refractivity (Wildman–Crippen MR) is 74.2 cm³/mol. The second-order valence-corrected chi connectivity index (χ2v) is 5.74. The maximum absolute atomic E-state index is 12.7. The van der Waals surface area contributed by atoms with E-state index in [2.05, 4.69) is 0 Å². The molecule has 1 fully saturated rings. The highest BCUT2D eigenvalue weighted by Crippen LogP contribution is 2.38. The van der Waals surface area contributed by atoms with E-state index in [0.29, 0.717) is 18.4 Å². The van der Waals surface area contributed by atoms with Gasteiger partial charge in [0.05, 0.1) is 6.61 Å². The average Bonchev–Trinajstić information content (AvgIpc) is 2.47. The number of fused-ring (bicyclic) bond motifs is 1. The summed E-state index contributed by atoms with van der Waals surface area (Å²) in [4.78, 5) is 12.7. The molecule has 102 valence electrons. The molecule has 1 heterocycles. The molecule has 1 aliphatic heterocycles. The Bertz CT molecular complexity index is 464. The van der Waals surface area contributed by atoms with Crippen LogP contribution in [0, 0.1) is 5.92 Å². The zero-order chi connectivity index (χ0) is 13.2. The maximum atomic E-state index is 12.7. The van der Waals surface area contributed by atoms with Crippen LogP contribution in [0.2, 0.25) is 0 Å². The molecule has 1 aliphatic carbocycles. The van der Waals surface area contributed by atoms with E-state index in [1.165, 1.54) is 0 Å². The molecule has 1 atom stereocenters. The highest BCUT2D eigenvalue weighted by Gasteiger charge is 2.33. The molecule has 0 spiro atoms. The minimum atomic E-state index is 0.0317. The largest absolute Gasteiger partial charge is 0.493 e. The summed E-state index contributed by atoms with van der Waals surface area (Å²) in [5.74, 6) is 1.53. The second kappa shape index (κ2) is 5.33. The van der Waals surface area contributed by atoms with E-state index in [9.17, 15) is 4.79 Å². The Balaban J connectivity index is 1.78. The Morgan fingerprint density at radius 2 is 1.84 bits per heavy atom. The summed E-state index contributed by atoms with van der Waals surface area (Å²) in [7, 11) is 0. The number of carbonyl (C=O) groups excluding carboxylic acids is 1. The van der Waals surface area contributed by atoms with Crippen LogP contribution in [0.5, 0.6) is 5.75 Å². The number of carbonyl (C=O) groups is 1. The first-order valence-corrected chi connectivity index (χ1v) is 7.26. The van der Waals surface area contributed by atoms with Crippen molar-refractivity contribution < 1.29 is 9.53 Å². The minimum absolute atomic E-state index is 0.0317. The van der Waals surface area contributed by atoms with Gasteiger partial charge in [-0.3, -0.25) is 4.79 Å². The molecule has 2 aliphatic rings. The lowest BCUT2D eigenvalue weighted by Gasteiger charge is -2.31. The van der Waals surface area contributed by atoms with Crippen molar-refractivity contribution in [1.29, 1.82) is 0 Å². The molecule has 3 heteroatoms. The van der Waals surface area contributed by atoms with Crippen LogP contribution >= 0.6 is 0 Å². The van der Waals surface area contributed by atoms with Gasteiger partial charge in [0.1, 0.15) is 11.5 Å². The number of hydrogen-bond donors (Lipinski definition) is 1. The third-order valence-electron chi connectivity index (χ3n) is 4.48. The van der Waals surface area contributed by atoms with Gasteiger partial charge in [0.15, 0.2) is 0 Å². The van der Waals surface area contributed by atoms with Gasteiger partial charge in [-0.2, -0.15) is 0 Å². The molecule has 0 amide bonds. The summed E-state index contributed by atoms with van der Waals surface area (Å²) in [5.41, 5.74) is 7.00. The fraction of sp³-hybridized carbons (Fsp3) is 0.562. The van der Waals surface area contributed by atoms with E-state index < -0.39 is 0 Å². The smallest absolute Gasteiger partial charge is 0.143 e. The summed E-state index contributed by atoms with van der Waals surface area (Å²) in [6.07, 6.45) is 4.71. The van der Waals surface area contributed by atoms with Crippen molar-refractivity contribution >= 4 is 5.78 Å². The van der Waals surface area contributed by atoms with Gasteiger partial charge in [-0.25, -0.2) is 0 Å². The van der Waals surface area contributed by atoms with E-state index in [1.807, 2.05) is 24.3 Å². The van der Waals surface area contributed by atoms with Crippen molar-refractivity contribution in [1.82, 2.24) is 0 Å². The molecule has 0 radical (unpaired) electrons. The monoisotopic (exact) mass is 259 g/mol. The quantitative estimate of drug-likeness (QED) is 0.888. The van der Waals surface area contributed by atoms with Crippen LogP contribution in [0.25, 0.3) is 0 Å². The van der Waals surface area contributed by atoms with Crippen LogP contribution in [-0.4, -0.2) is 18.4 Å². The van der Waals surface area contributed by atoms with E-state index in [0.717, 1.165) is 43.4 Å². The number of Topliss-reactive ketones (excluding diaryl/α,β-unsaturated/α-hetero) is 1. The van der Waals surface area contributed by atoms with E-state index >= 15 is 0 Å². The van der Waals surface area contributed by atoms with Gasteiger partial charge in [0, 0.05) is 23.4 Å². The number of ketones is 1. The number of benzene rings is 1. The Morgan fingerprint density at radius 1 is 1.11 bits per heavy atom. The fourth-order valence-electron chi connectivity index (χ4n) is 3.33. The SMILES string of the molecule is N[C@H]1CC[C@H](C(=O)C2CCOc3ccccc32)CC1. The Morgan fingerprint density at radius 3 is 2.63 bits per heavy atom. The average molecular weight is 259 g/mol. The summed E-state index contributed by atoms with van der Waals surface area (Å²) in [5, 5.41) is 0. The number of rotatable bonds is 2. The van der Waals surface area contributed by atoms with Crippen molar-refractivity contribution in [2.45, 2.75) is 44.1 Å². The third-order valence-corrected chi connectivity index (χ3v) is 4.48. The lowest BCUT2D eigenvalue weighted by atomic mass is 9.76. The summed E-state index contributed by atoms with van der Waals surface area (Å²) in [6.45, 7) is 0.652. The van der Waals surface area contributed by atoms with Crippen LogP contribution in [0.3, 0.4) is 0 Å². The van der Waals surface area contributed by atoms with Crippen molar-refractivity contribution in [3.05, 3.63) is 29.8 Å². The minimum Gasteiger partial charge on any atom is -0.493 e. The van der Waals surface area contributed by atoms with Gasteiger partial charge >= 0.3 is 0 Å². The molecule has 2 N–H and O–H groups in total. The molecular weight excluding hydrogens is 238 g/mol. The fourth-order valence-corrected chi connectivity index (χ4v) is 3.33. The van der Waals surface area contributed by atoms with Gasteiger partial charge in [-0.05, 0) is 38.2 Å². The molecule has 3 rings (SSSR count). The molecule has 1 aromatic rings. The standard InChI is InChI=1S/C16H21NO2/c17-12-7-5-11(6-8-12)16(18)14-9-10-19-15-4-2-1-3-13(14)15/h1-4,11-12,14H,5-10,17H2/t11-,12-,14?. The molecular formula is C16H21NO2.